The van der Waals surface area contributed by atoms with Crippen LogP contribution in [0.15, 0.2) is 53.5 Å². The third-order valence-electron chi connectivity index (χ3n) is 5.14. The summed E-state index contributed by atoms with van der Waals surface area (Å²) in [4.78, 5) is 7.06. The van der Waals surface area contributed by atoms with Gasteiger partial charge in [0.05, 0.1) is 19.8 Å². The van der Waals surface area contributed by atoms with Gasteiger partial charge in [-0.2, -0.15) is 0 Å². The predicted molar refractivity (Wildman–Crippen MR) is 134 cm³/mol. The zero-order valence-electron chi connectivity index (χ0n) is 17.8. The van der Waals surface area contributed by atoms with Gasteiger partial charge in [-0.25, -0.2) is 0 Å². The Morgan fingerprint density at radius 2 is 1.77 bits per heavy atom. The Bertz CT molecular complexity index is 797. The first kappa shape index (κ1) is 24.3. The van der Waals surface area contributed by atoms with Crippen LogP contribution in [-0.4, -0.2) is 49.7 Å². The second-order valence-corrected chi connectivity index (χ2v) is 7.13. The monoisotopic (exact) mass is 524 g/mol. The molecule has 0 spiro atoms. The number of hydrogen-bond acceptors (Lipinski definition) is 4. The fourth-order valence-electron chi connectivity index (χ4n) is 3.57. The van der Waals surface area contributed by atoms with E-state index in [0.29, 0.717) is 31.8 Å². The summed E-state index contributed by atoms with van der Waals surface area (Å²) in [6.45, 7) is 8.32. The second kappa shape index (κ2) is 12.6. The van der Waals surface area contributed by atoms with Gasteiger partial charge < -0.3 is 20.5 Å². The van der Waals surface area contributed by atoms with Crippen LogP contribution < -0.4 is 20.5 Å². The van der Waals surface area contributed by atoms with E-state index >= 15 is 0 Å². The highest BCUT2D eigenvalue weighted by Gasteiger charge is 2.16. The van der Waals surface area contributed by atoms with E-state index < -0.39 is 0 Å². The lowest BCUT2D eigenvalue weighted by molar-refractivity contribution is 0.220. The molecule has 0 saturated carbocycles. The van der Waals surface area contributed by atoms with Gasteiger partial charge in [0.2, 0.25) is 0 Å². The van der Waals surface area contributed by atoms with E-state index in [9.17, 15) is 0 Å². The van der Waals surface area contributed by atoms with Crippen molar-refractivity contribution in [3.8, 4) is 11.5 Å². The molecule has 0 radical (unpaired) electrons. The van der Waals surface area contributed by atoms with Crippen LogP contribution >= 0.6 is 24.0 Å². The van der Waals surface area contributed by atoms with E-state index in [1.165, 1.54) is 5.56 Å². The summed E-state index contributed by atoms with van der Waals surface area (Å²) < 4.78 is 11.4. The average molecular weight is 524 g/mol. The van der Waals surface area contributed by atoms with Crippen LogP contribution in [0.5, 0.6) is 11.5 Å². The van der Waals surface area contributed by atoms with Gasteiger partial charge in [-0.1, -0.05) is 44.2 Å². The number of benzene rings is 2. The second-order valence-electron chi connectivity index (χ2n) is 7.13. The quantitative estimate of drug-likeness (QED) is 0.309. The van der Waals surface area contributed by atoms with E-state index in [1.807, 2.05) is 24.3 Å². The topological polar surface area (TPSA) is 72.1 Å². The SMILES string of the molecule is CCN(CC)C(CN=C(N)Nc1ccc2c(c1)OCCCO2)Cc1ccccc1.I. The first-order chi connectivity index (χ1) is 14.2. The molecule has 0 bridgehead atoms. The number of rotatable bonds is 8. The molecule has 3 N–H and O–H groups in total. The van der Waals surface area contributed by atoms with Crippen molar-refractivity contribution < 1.29 is 9.47 Å². The Morgan fingerprint density at radius 1 is 1.07 bits per heavy atom. The Kier molecular flexibility index (Phi) is 10.2. The van der Waals surface area contributed by atoms with Crippen molar-refractivity contribution in [3.05, 3.63) is 54.1 Å². The largest absolute Gasteiger partial charge is 0.490 e. The summed E-state index contributed by atoms with van der Waals surface area (Å²) in [5, 5.41) is 3.18. The third-order valence-corrected chi connectivity index (χ3v) is 5.14. The number of nitrogens with zero attached hydrogens (tertiary/aromatic N) is 2. The van der Waals surface area contributed by atoms with E-state index in [2.05, 4.69) is 53.3 Å². The van der Waals surface area contributed by atoms with Crippen molar-refractivity contribution in [3.63, 3.8) is 0 Å². The molecule has 0 fully saturated rings. The van der Waals surface area contributed by atoms with Crippen LogP contribution in [0, 0.1) is 0 Å². The van der Waals surface area contributed by atoms with Crippen LogP contribution in [0.3, 0.4) is 0 Å². The number of fused-ring (bicyclic) bond motifs is 1. The maximum Gasteiger partial charge on any atom is 0.193 e. The van der Waals surface area contributed by atoms with Crippen molar-refractivity contribution in [2.24, 2.45) is 10.7 Å². The van der Waals surface area contributed by atoms with Crippen LogP contribution in [0.25, 0.3) is 0 Å². The summed E-state index contributed by atoms with van der Waals surface area (Å²) in [5.74, 6) is 1.92. The number of ether oxygens (including phenoxy) is 2. The number of aliphatic imine (C=N–C) groups is 1. The lowest BCUT2D eigenvalue weighted by Crippen LogP contribution is -2.39. The van der Waals surface area contributed by atoms with Gasteiger partial charge >= 0.3 is 0 Å². The number of likely N-dealkylation sites (N-methyl/N-ethyl adjacent to an activating group) is 1. The third kappa shape index (κ3) is 7.05. The molecule has 0 aromatic heterocycles. The van der Waals surface area contributed by atoms with E-state index in [4.69, 9.17) is 15.2 Å². The minimum absolute atomic E-state index is 0. The van der Waals surface area contributed by atoms with Gasteiger partial charge in [0.15, 0.2) is 17.5 Å². The molecular formula is C23H33IN4O2. The smallest absolute Gasteiger partial charge is 0.193 e. The fraction of sp³-hybridized carbons (Fsp3) is 0.435. The highest BCUT2D eigenvalue weighted by molar-refractivity contribution is 14.0. The Hall–Kier alpha value is -2.00. The van der Waals surface area contributed by atoms with Gasteiger partial charge in [-0.3, -0.25) is 9.89 Å². The first-order valence-electron chi connectivity index (χ1n) is 10.4. The predicted octanol–water partition coefficient (Wildman–Crippen LogP) is 4.15. The minimum atomic E-state index is 0. The Balaban J connectivity index is 0.00000320. The average Bonchev–Trinajstić information content (AvgIpc) is 2.98. The molecule has 1 aliphatic heterocycles. The van der Waals surface area contributed by atoms with Crippen LogP contribution in [-0.2, 0) is 6.42 Å². The number of guanidine groups is 1. The molecule has 1 unspecified atom stereocenters. The van der Waals surface area contributed by atoms with Gasteiger partial charge in [0.25, 0.3) is 0 Å². The van der Waals surface area contributed by atoms with Crippen molar-refractivity contribution in [2.45, 2.75) is 32.7 Å². The van der Waals surface area contributed by atoms with Crippen LogP contribution in [0.4, 0.5) is 5.69 Å². The van der Waals surface area contributed by atoms with E-state index in [-0.39, 0.29) is 24.0 Å². The maximum atomic E-state index is 6.19. The highest BCUT2D eigenvalue weighted by Crippen LogP contribution is 2.32. The number of anilines is 1. The summed E-state index contributed by atoms with van der Waals surface area (Å²) >= 11 is 0. The molecule has 2 aromatic rings. The lowest BCUT2D eigenvalue weighted by Gasteiger charge is -2.28. The number of halogens is 1. The molecule has 30 heavy (non-hydrogen) atoms. The highest BCUT2D eigenvalue weighted by atomic mass is 127. The van der Waals surface area contributed by atoms with Gasteiger partial charge in [0.1, 0.15) is 0 Å². The molecule has 164 valence electrons. The van der Waals surface area contributed by atoms with Crippen LogP contribution in [0.2, 0.25) is 0 Å². The molecule has 3 rings (SSSR count). The maximum absolute atomic E-state index is 6.19. The zero-order chi connectivity index (χ0) is 20.5. The summed E-state index contributed by atoms with van der Waals surface area (Å²) in [7, 11) is 0. The standard InChI is InChI=1S/C23H32N4O2.HI/c1-3-27(4-2)20(15-18-9-6-5-7-10-18)17-25-23(24)26-19-11-12-21-22(16-19)29-14-8-13-28-21;/h5-7,9-12,16,20H,3-4,8,13-15,17H2,1-2H3,(H3,24,25,26);1H. The summed E-state index contributed by atoms with van der Waals surface area (Å²) in [6.07, 6.45) is 1.83. The molecule has 1 heterocycles. The molecular weight excluding hydrogens is 491 g/mol. The van der Waals surface area contributed by atoms with Crippen molar-refractivity contribution in [1.82, 2.24) is 4.90 Å². The normalized spacial score (nSPS) is 14.6. The molecule has 1 aliphatic rings. The molecule has 1 atom stereocenters. The summed E-state index contributed by atoms with van der Waals surface area (Å²) in [5.41, 5.74) is 8.34. The lowest BCUT2D eigenvalue weighted by atomic mass is 10.0. The van der Waals surface area contributed by atoms with Crippen molar-refractivity contribution >= 4 is 35.6 Å². The Morgan fingerprint density at radius 3 is 2.47 bits per heavy atom. The molecule has 2 aromatic carbocycles. The molecule has 0 saturated heterocycles. The number of hydrogen-bond donors (Lipinski definition) is 2. The molecule has 0 aliphatic carbocycles. The van der Waals surface area contributed by atoms with E-state index in [0.717, 1.165) is 43.1 Å². The summed E-state index contributed by atoms with van der Waals surface area (Å²) in [6, 6.07) is 16.6. The fourth-order valence-corrected chi connectivity index (χ4v) is 3.57. The molecule has 7 heteroatoms. The van der Waals surface area contributed by atoms with Gasteiger partial charge in [-0.15, -0.1) is 24.0 Å². The number of nitrogens with one attached hydrogen (secondary N) is 1. The van der Waals surface area contributed by atoms with Crippen LogP contribution in [0.1, 0.15) is 25.8 Å². The number of nitrogens with two attached hydrogens (primary N) is 1. The van der Waals surface area contributed by atoms with Crippen molar-refractivity contribution in [2.75, 3.05) is 38.2 Å². The first-order valence-corrected chi connectivity index (χ1v) is 10.4. The van der Waals surface area contributed by atoms with Gasteiger partial charge in [-0.05, 0) is 37.2 Å². The zero-order valence-corrected chi connectivity index (χ0v) is 20.2. The van der Waals surface area contributed by atoms with Gasteiger partial charge in [0, 0.05) is 24.2 Å². The molecule has 0 amide bonds. The Labute approximate surface area is 196 Å². The van der Waals surface area contributed by atoms with Crippen molar-refractivity contribution in [1.29, 1.82) is 0 Å². The molecule has 6 nitrogen and oxygen atoms in total. The van der Waals surface area contributed by atoms with E-state index in [1.54, 1.807) is 0 Å². The minimum Gasteiger partial charge on any atom is -0.490 e.